The third kappa shape index (κ3) is 6.66. The van der Waals surface area contributed by atoms with Crippen LogP contribution in [0.2, 0.25) is 5.02 Å². The molecule has 1 aliphatic rings. The van der Waals surface area contributed by atoms with Crippen molar-refractivity contribution in [3.63, 3.8) is 0 Å². The van der Waals surface area contributed by atoms with Gasteiger partial charge in [0.1, 0.15) is 16.7 Å². The van der Waals surface area contributed by atoms with Crippen LogP contribution >= 0.6 is 35.6 Å². The molecule has 1 fully saturated rings. The normalized spacial score (nSPS) is 14.3. The lowest BCUT2D eigenvalue weighted by Gasteiger charge is -2.13. The van der Waals surface area contributed by atoms with Crippen LogP contribution in [0.15, 0.2) is 90.0 Å². The van der Waals surface area contributed by atoms with Gasteiger partial charge in [0.15, 0.2) is 0 Å². The Hall–Kier alpha value is -3.39. The number of unbranched alkanes of at least 4 members (excludes halogenated alkanes) is 3. The Morgan fingerprint density at radius 3 is 2.48 bits per heavy atom. The minimum atomic E-state index is -0.0340. The topological polar surface area (TPSA) is 47.4 Å². The van der Waals surface area contributed by atoms with Gasteiger partial charge >= 0.3 is 0 Å². The maximum absolute atomic E-state index is 13.3. The lowest BCUT2D eigenvalue weighted by Crippen LogP contribution is -2.29. The molecular formula is C32H30ClN3O2S2. The lowest BCUT2D eigenvalue weighted by atomic mass is 10.1. The van der Waals surface area contributed by atoms with Gasteiger partial charge < -0.3 is 4.74 Å². The highest BCUT2D eigenvalue weighted by Gasteiger charge is 2.32. The van der Waals surface area contributed by atoms with Crippen molar-refractivity contribution in [1.29, 1.82) is 0 Å². The molecule has 0 radical (unpaired) electrons. The van der Waals surface area contributed by atoms with Crippen molar-refractivity contribution in [3.05, 3.63) is 106 Å². The first-order valence-corrected chi connectivity index (χ1v) is 15.0. The van der Waals surface area contributed by atoms with Crippen molar-refractivity contribution < 1.29 is 9.53 Å². The maximum atomic E-state index is 13.3. The fraction of sp³-hybridized carbons (Fsp3) is 0.219. The van der Waals surface area contributed by atoms with Gasteiger partial charge in [-0.15, -0.1) is 0 Å². The first-order chi connectivity index (χ1) is 19.5. The number of rotatable bonds is 11. The monoisotopic (exact) mass is 587 g/mol. The molecule has 2 heterocycles. The number of benzene rings is 3. The molecule has 204 valence electrons. The molecule has 1 saturated heterocycles. The summed E-state index contributed by atoms with van der Waals surface area (Å²) in [6, 6.07) is 25.4. The van der Waals surface area contributed by atoms with E-state index in [0.29, 0.717) is 27.4 Å². The van der Waals surface area contributed by atoms with Crippen molar-refractivity contribution in [2.45, 2.75) is 39.2 Å². The average molecular weight is 588 g/mol. The number of thiocarbonyl (C=S) groups is 1. The van der Waals surface area contributed by atoms with E-state index >= 15 is 0 Å². The van der Waals surface area contributed by atoms with E-state index in [-0.39, 0.29) is 5.91 Å². The van der Waals surface area contributed by atoms with Crippen LogP contribution in [0, 0.1) is 0 Å². The number of carbonyl (C=O) groups is 1. The van der Waals surface area contributed by atoms with E-state index in [0.717, 1.165) is 59.5 Å². The third-order valence-corrected chi connectivity index (χ3v) is 8.39. The molecule has 1 aromatic heterocycles. The summed E-state index contributed by atoms with van der Waals surface area (Å²) in [6.07, 6.45) is 8.24. The second-order valence-corrected chi connectivity index (χ2v) is 11.6. The van der Waals surface area contributed by atoms with Gasteiger partial charge in [-0.2, -0.15) is 5.10 Å². The highest BCUT2D eigenvalue weighted by atomic mass is 35.5. The Balaban J connectivity index is 1.40. The highest BCUT2D eigenvalue weighted by Crippen LogP contribution is 2.35. The van der Waals surface area contributed by atoms with Crippen molar-refractivity contribution in [1.82, 2.24) is 14.7 Å². The smallest absolute Gasteiger partial charge is 0.266 e. The summed E-state index contributed by atoms with van der Waals surface area (Å²) < 4.78 is 8.43. The van der Waals surface area contributed by atoms with Gasteiger partial charge in [-0.25, -0.2) is 4.68 Å². The Morgan fingerprint density at radius 1 is 0.975 bits per heavy atom. The molecule has 5 nitrogen and oxygen atoms in total. The molecule has 0 bridgehead atoms. The summed E-state index contributed by atoms with van der Waals surface area (Å²) in [7, 11) is 0. The van der Waals surface area contributed by atoms with Gasteiger partial charge in [0.05, 0.1) is 16.3 Å². The van der Waals surface area contributed by atoms with Crippen LogP contribution in [0.5, 0.6) is 5.75 Å². The maximum Gasteiger partial charge on any atom is 0.266 e. The standard InChI is InChI=1S/C32H30ClN3O2S2/c1-2-3-4-10-19-35-31(37)29(40-32(35)39)20-25-21-36(26-12-6-5-7-13-26)34-30(25)23-15-17-27(18-16-23)38-22-24-11-8-9-14-28(24)33/h5-9,11-18,20-21H,2-4,10,19,22H2,1H3/b29-20-. The molecule has 1 aliphatic heterocycles. The van der Waals surface area contributed by atoms with Crippen LogP contribution in [0.25, 0.3) is 23.0 Å². The number of hydrogen-bond donors (Lipinski definition) is 0. The fourth-order valence-corrected chi connectivity index (χ4v) is 5.94. The zero-order chi connectivity index (χ0) is 27.9. The highest BCUT2D eigenvalue weighted by molar-refractivity contribution is 8.26. The summed E-state index contributed by atoms with van der Waals surface area (Å²) in [5.74, 6) is 0.699. The van der Waals surface area contributed by atoms with Crippen LogP contribution in [0.1, 0.15) is 43.7 Å². The van der Waals surface area contributed by atoms with Gasteiger partial charge in [0, 0.05) is 34.5 Å². The molecule has 0 unspecified atom stereocenters. The Labute approximate surface area is 249 Å². The molecule has 4 aromatic rings. The molecule has 5 rings (SSSR count). The first-order valence-electron chi connectivity index (χ1n) is 13.4. The predicted molar refractivity (Wildman–Crippen MR) is 169 cm³/mol. The minimum absolute atomic E-state index is 0.0340. The van der Waals surface area contributed by atoms with E-state index < -0.39 is 0 Å². The van der Waals surface area contributed by atoms with E-state index in [1.54, 1.807) is 4.90 Å². The largest absolute Gasteiger partial charge is 0.489 e. The molecule has 0 spiro atoms. The SMILES string of the molecule is CCCCCCN1C(=O)/C(=C/c2cn(-c3ccccc3)nc2-c2ccc(OCc3ccccc3Cl)cc2)SC1=S. The van der Waals surface area contributed by atoms with Crippen LogP contribution in [-0.4, -0.2) is 31.5 Å². The Morgan fingerprint density at radius 2 is 1.73 bits per heavy atom. The second kappa shape index (κ2) is 13.3. The summed E-state index contributed by atoms with van der Waals surface area (Å²) in [6.45, 7) is 3.22. The van der Waals surface area contributed by atoms with Crippen molar-refractivity contribution in [2.75, 3.05) is 6.54 Å². The number of aromatic nitrogens is 2. The quantitative estimate of drug-likeness (QED) is 0.0999. The number of ether oxygens (including phenoxy) is 1. The van der Waals surface area contributed by atoms with E-state index in [4.69, 9.17) is 33.7 Å². The van der Waals surface area contributed by atoms with Gasteiger partial charge in [-0.05, 0) is 55.0 Å². The van der Waals surface area contributed by atoms with Crippen molar-refractivity contribution >= 4 is 51.9 Å². The van der Waals surface area contributed by atoms with Gasteiger partial charge in [-0.1, -0.05) is 98.2 Å². The van der Waals surface area contributed by atoms with Crippen LogP contribution in [0.3, 0.4) is 0 Å². The number of amides is 1. The van der Waals surface area contributed by atoms with Gasteiger partial charge in [0.2, 0.25) is 0 Å². The van der Waals surface area contributed by atoms with Crippen molar-refractivity contribution in [3.8, 4) is 22.7 Å². The van der Waals surface area contributed by atoms with Gasteiger partial charge in [0.25, 0.3) is 5.91 Å². The van der Waals surface area contributed by atoms with E-state index in [2.05, 4.69) is 6.92 Å². The summed E-state index contributed by atoms with van der Waals surface area (Å²) >= 11 is 13.2. The zero-order valence-electron chi connectivity index (χ0n) is 22.3. The predicted octanol–water partition coefficient (Wildman–Crippen LogP) is 8.55. The molecule has 0 atom stereocenters. The number of carbonyl (C=O) groups excluding carboxylic acids is 1. The Kier molecular flexibility index (Phi) is 9.37. The zero-order valence-corrected chi connectivity index (χ0v) is 24.6. The molecule has 40 heavy (non-hydrogen) atoms. The van der Waals surface area contributed by atoms with E-state index in [1.165, 1.54) is 11.8 Å². The van der Waals surface area contributed by atoms with Crippen molar-refractivity contribution in [2.24, 2.45) is 0 Å². The second-order valence-electron chi connectivity index (χ2n) is 9.51. The number of nitrogens with zero attached hydrogens (tertiary/aromatic N) is 3. The number of halogens is 1. The molecule has 0 N–H and O–H groups in total. The molecule has 3 aromatic carbocycles. The number of thioether (sulfide) groups is 1. The molecular weight excluding hydrogens is 558 g/mol. The van der Waals surface area contributed by atoms with Gasteiger partial charge in [-0.3, -0.25) is 9.69 Å². The molecule has 1 amide bonds. The summed E-state index contributed by atoms with van der Waals surface area (Å²) in [5.41, 5.74) is 4.40. The van der Waals surface area contributed by atoms with Crippen LogP contribution in [0.4, 0.5) is 0 Å². The summed E-state index contributed by atoms with van der Waals surface area (Å²) in [5, 5.41) is 5.59. The number of hydrogen-bond acceptors (Lipinski definition) is 5. The first kappa shape index (κ1) is 28.1. The third-order valence-electron chi connectivity index (χ3n) is 6.64. The van der Waals surface area contributed by atoms with Crippen LogP contribution < -0.4 is 4.74 Å². The molecule has 8 heteroatoms. The summed E-state index contributed by atoms with van der Waals surface area (Å²) in [4.78, 5) is 15.6. The minimum Gasteiger partial charge on any atom is -0.489 e. The number of para-hydroxylation sites is 1. The van der Waals surface area contributed by atoms with E-state index in [9.17, 15) is 4.79 Å². The average Bonchev–Trinajstić information content (AvgIpc) is 3.51. The van der Waals surface area contributed by atoms with E-state index in [1.807, 2.05) is 95.8 Å². The molecule has 0 saturated carbocycles. The lowest BCUT2D eigenvalue weighted by molar-refractivity contribution is -0.122. The Bertz CT molecular complexity index is 1520. The van der Waals surface area contributed by atoms with Crippen LogP contribution in [-0.2, 0) is 11.4 Å². The fourth-order valence-electron chi connectivity index (χ4n) is 4.45. The molecule has 0 aliphatic carbocycles.